The van der Waals surface area contributed by atoms with Crippen LogP contribution in [0, 0.1) is 0 Å². The van der Waals surface area contributed by atoms with Gasteiger partial charge in [0.2, 0.25) is 0 Å². The van der Waals surface area contributed by atoms with Crippen molar-refractivity contribution in [2.45, 2.75) is 0 Å². The van der Waals surface area contributed by atoms with Crippen LogP contribution in [-0.2, 0) is 0 Å². The fourth-order valence-electron chi connectivity index (χ4n) is 1.26. The van der Waals surface area contributed by atoms with Crippen molar-refractivity contribution in [2.75, 3.05) is 5.73 Å². The van der Waals surface area contributed by atoms with E-state index in [1.54, 1.807) is 36.4 Å². The minimum Gasteiger partial charge on any atom is -0.506 e. The highest BCUT2D eigenvalue weighted by molar-refractivity contribution is 6.30. The number of benzene rings is 2. The molecule has 0 aromatic heterocycles. The summed E-state index contributed by atoms with van der Waals surface area (Å²) in [5, 5.41) is 9.85. The van der Waals surface area contributed by atoms with E-state index in [1.165, 1.54) is 6.07 Å². The molecule has 0 radical (unpaired) electrons. The van der Waals surface area contributed by atoms with E-state index in [0.717, 1.165) is 0 Å². The molecule has 4 heteroatoms. The number of ether oxygens (including phenoxy) is 1. The van der Waals surface area contributed by atoms with Crippen molar-refractivity contribution in [3.63, 3.8) is 0 Å². The van der Waals surface area contributed by atoms with Gasteiger partial charge in [0.25, 0.3) is 0 Å². The lowest BCUT2D eigenvalue weighted by Crippen LogP contribution is -1.88. The summed E-state index contributed by atoms with van der Waals surface area (Å²) < 4.78 is 5.52. The normalized spacial score (nSPS) is 10.1. The van der Waals surface area contributed by atoms with Gasteiger partial charge in [0, 0.05) is 11.1 Å². The maximum atomic E-state index is 9.25. The van der Waals surface area contributed by atoms with Crippen LogP contribution in [0.5, 0.6) is 17.2 Å². The number of anilines is 1. The van der Waals surface area contributed by atoms with Gasteiger partial charge >= 0.3 is 0 Å². The van der Waals surface area contributed by atoms with Gasteiger partial charge in [0.05, 0.1) is 5.69 Å². The molecular formula is C12H10ClNO2. The van der Waals surface area contributed by atoms with Gasteiger partial charge in [-0.15, -0.1) is 0 Å². The Morgan fingerprint density at radius 3 is 2.50 bits per heavy atom. The van der Waals surface area contributed by atoms with Crippen LogP contribution in [0.25, 0.3) is 0 Å². The van der Waals surface area contributed by atoms with Crippen LogP contribution in [0.1, 0.15) is 0 Å². The first-order valence-corrected chi connectivity index (χ1v) is 5.05. The SMILES string of the molecule is Nc1cc(Oc2cccc(Cl)c2)ccc1O. The van der Waals surface area contributed by atoms with E-state index in [1.807, 2.05) is 0 Å². The van der Waals surface area contributed by atoms with Crippen LogP contribution in [0.15, 0.2) is 42.5 Å². The molecule has 3 nitrogen and oxygen atoms in total. The Balaban J connectivity index is 2.24. The van der Waals surface area contributed by atoms with Crippen molar-refractivity contribution in [1.29, 1.82) is 0 Å². The molecular weight excluding hydrogens is 226 g/mol. The van der Waals surface area contributed by atoms with Gasteiger partial charge in [0.1, 0.15) is 17.2 Å². The van der Waals surface area contributed by atoms with Crippen LogP contribution in [0.4, 0.5) is 5.69 Å². The molecule has 0 heterocycles. The zero-order valence-corrected chi connectivity index (χ0v) is 9.11. The molecule has 2 rings (SSSR count). The largest absolute Gasteiger partial charge is 0.506 e. The molecule has 2 aromatic carbocycles. The molecule has 0 atom stereocenters. The average molecular weight is 236 g/mol. The topological polar surface area (TPSA) is 55.5 Å². The fraction of sp³-hybridized carbons (Fsp3) is 0. The Morgan fingerprint density at radius 2 is 1.81 bits per heavy atom. The monoisotopic (exact) mass is 235 g/mol. The number of phenols is 1. The van der Waals surface area contributed by atoms with Crippen molar-refractivity contribution in [1.82, 2.24) is 0 Å². The molecule has 16 heavy (non-hydrogen) atoms. The maximum Gasteiger partial charge on any atom is 0.138 e. The van der Waals surface area contributed by atoms with Gasteiger partial charge in [-0.3, -0.25) is 0 Å². The Bertz CT molecular complexity index is 514. The average Bonchev–Trinajstić information content (AvgIpc) is 2.24. The first-order valence-electron chi connectivity index (χ1n) is 4.67. The van der Waals surface area contributed by atoms with E-state index >= 15 is 0 Å². The van der Waals surface area contributed by atoms with E-state index in [-0.39, 0.29) is 11.4 Å². The fourth-order valence-corrected chi connectivity index (χ4v) is 1.44. The van der Waals surface area contributed by atoms with Crippen molar-refractivity contribution >= 4 is 17.3 Å². The molecule has 0 aliphatic rings. The third-order valence-electron chi connectivity index (χ3n) is 2.03. The second-order valence-electron chi connectivity index (χ2n) is 3.28. The summed E-state index contributed by atoms with van der Waals surface area (Å²) in [5.74, 6) is 1.22. The molecule has 0 aliphatic carbocycles. The number of hydrogen-bond acceptors (Lipinski definition) is 3. The van der Waals surface area contributed by atoms with Gasteiger partial charge in [-0.25, -0.2) is 0 Å². The van der Waals surface area contributed by atoms with Crippen molar-refractivity contribution in [3.05, 3.63) is 47.5 Å². The van der Waals surface area contributed by atoms with Crippen molar-refractivity contribution in [3.8, 4) is 17.2 Å². The van der Waals surface area contributed by atoms with E-state index in [2.05, 4.69) is 0 Å². The number of rotatable bonds is 2. The van der Waals surface area contributed by atoms with Crippen LogP contribution in [0.2, 0.25) is 5.02 Å². The smallest absolute Gasteiger partial charge is 0.138 e. The number of halogens is 1. The summed E-state index contributed by atoms with van der Waals surface area (Å²) in [7, 11) is 0. The Labute approximate surface area is 98.0 Å². The Hall–Kier alpha value is -1.87. The predicted molar refractivity (Wildman–Crippen MR) is 64.0 cm³/mol. The van der Waals surface area contributed by atoms with E-state index < -0.39 is 0 Å². The highest BCUT2D eigenvalue weighted by Crippen LogP contribution is 2.29. The third-order valence-corrected chi connectivity index (χ3v) is 2.27. The molecule has 0 unspecified atom stereocenters. The van der Waals surface area contributed by atoms with Gasteiger partial charge in [-0.1, -0.05) is 17.7 Å². The van der Waals surface area contributed by atoms with E-state index in [0.29, 0.717) is 16.5 Å². The molecule has 0 saturated heterocycles. The first kappa shape index (κ1) is 10.6. The lowest BCUT2D eigenvalue weighted by atomic mass is 10.3. The number of phenolic OH excluding ortho intramolecular Hbond substituents is 1. The lowest BCUT2D eigenvalue weighted by molar-refractivity contribution is 0.467. The van der Waals surface area contributed by atoms with E-state index in [4.69, 9.17) is 22.1 Å². The summed E-state index contributed by atoms with van der Waals surface area (Å²) in [6.07, 6.45) is 0. The standard InChI is InChI=1S/C12H10ClNO2/c13-8-2-1-3-9(6-8)16-10-4-5-12(15)11(14)7-10/h1-7,15H,14H2. The third kappa shape index (κ3) is 2.38. The minimum absolute atomic E-state index is 0.0402. The second kappa shape index (κ2) is 4.33. The van der Waals surface area contributed by atoms with Gasteiger partial charge in [-0.2, -0.15) is 0 Å². The van der Waals surface area contributed by atoms with Crippen molar-refractivity contribution in [2.24, 2.45) is 0 Å². The zero-order valence-electron chi connectivity index (χ0n) is 8.35. The van der Waals surface area contributed by atoms with Crippen molar-refractivity contribution < 1.29 is 9.84 Å². The molecule has 0 bridgehead atoms. The summed E-state index contributed by atoms with van der Waals surface area (Å²) in [6, 6.07) is 11.7. The summed E-state index contributed by atoms with van der Waals surface area (Å²) in [4.78, 5) is 0. The van der Waals surface area contributed by atoms with Crippen LogP contribution in [-0.4, -0.2) is 5.11 Å². The zero-order chi connectivity index (χ0) is 11.5. The quantitative estimate of drug-likeness (QED) is 0.619. The van der Waals surface area contributed by atoms with Gasteiger partial charge < -0.3 is 15.6 Å². The summed E-state index contributed by atoms with van der Waals surface area (Å²) in [5.41, 5.74) is 5.83. The summed E-state index contributed by atoms with van der Waals surface area (Å²) >= 11 is 5.82. The molecule has 0 fully saturated rings. The number of hydrogen-bond donors (Lipinski definition) is 2. The van der Waals surface area contributed by atoms with E-state index in [9.17, 15) is 5.11 Å². The highest BCUT2D eigenvalue weighted by Gasteiger charge is 2.01. The molecule has 3 N–H and O–H groups in total. The molecule has 2 aromatic rings. The predicted octanol–water partition coefficient (Wildman–Crippen LogP) is 3.42. The second-order valence-corrected chi connectivity index (χ2v) is 3.72. The molecule has 0 amide bonds. The Kier molecular flexibility index (Phi) is 2.88. The summed E-state index contributed by atoms with van der Waals surface area (Å²) in [6.45, 7) is 0. The van der Waals surface area contributed by atoms with Crippen LogP contribution < -0.4 is 10.5 Å². The lowest BCUT2D eigenvalue weighted by Gasteiger charge is -2.07. The van der Waals surface area contributed by atoms with Crippen LogP contribution in [0.3, 0.4) is 0 Å². The van der Waals surface area contributed by atoms with Gasteiger partial charge in [0.15, 0.2) is 0 Å². The number of nitrogen functional groups attached to an aromatic ring is 1. The molecule has 0 spiro atoms. The maximum absolute atomic E-state index is 9.25. The first-order chi connectivity index (χ1) is 7.65. The van der Waals surface area contributed by atoms with Crippen LogP contribution >= 0.6 is 11.6 Å². The molecule has 0 saturated carbocycles. The molecule has 82 valence electrons. The number of aromatic hydroxyl groups is 1. The molecule has 0 aliphatic heterocycles. The Morgan fingerprint density at radius 1 is 1.06 bits per heavy atom. The highest BCUT2D eigenvalue weighted by atomic mass is 35.5. The number of nitrogens with two attached hydrogens (primary N) is 1. The van der Waals surface area contributed by atoms with Gasteiger partial charge in [-0.05, 0) is 30.3 Å². The minimum atomic E-state index is 0.0402.